The Morgan fingerprint density at radius 1 is 1.13 bits per heavy atom. The number of hydrogen-bond donors (Lipinski definition) is 2. The second kappa shape index (κ2) is 23.3. The fourth-order valence-corrected chi connectivity index (χ4v) is 1.42. The molecule has 0 amide bonds. The molecule has 1 rings (SSSR count). The topological polar surface area (TPSA) is 63.3 Å². The summed E-state index contributed by atoms with van der Waals surface area (Å²) in [5.74, 6) is 0.865. The van der Waals surface area contributed by atoms with Gasteiger partial charge in [0.15, 0.2) is 0 Å². The lowest BCUT2D eigenvalue weighted by Gasteiger charge is -2.18. The van der Waals surface area contributed by atoms with Crippen LogP contribution in [0.3, 0.4) is 0 Å². The second-order valence-electron chi connectivity index (χ2n) is 2.85. The summed E-state index contributed by atoms with van der Waals surface area (Å²) in [5, 5.41) is 6.89. The van der Waals surface area contributed by atoms with Crippen LogP contribution in [0.1, 0.15) is 59.8 Å². The molecule has 1 fully saturated rings. The van der Waals surface area contributed by atoms with E-state index in [0.717, 1.165) is 12.5 Å². The first-order valence-corrected chi connectivity index (χ1v) is 6.13. The van der Waals surface area contributed by atoms with Gasteiger partial charge in [0, 0.05) is 0 Å². The number of carbonyl (C=O) groups is 1. The highest BCUT2D eigenvalue weighted by atomic mass is 16.3. The van der Waals surface area contributed by atoms with Crippen molar-refractivity contribution in [2.45, 2.75) is 59.8 Å². The molecule has 1 aliphatic rings. The molecule has 0 heterocycles. The first-order chi connectivity index (χ1) is 7.35. The maximum Gasteiger partial charge on any atom is 0.290 e. The molecule has 0 bridgehead atoms. The van der Waals surface area contributed by atoms with Crippen LogP contribution in [0.5, 0.6) is 0 Å². The molecule has 0 aromatic rings. The van der Waals surface area contributed by atoms with E-state index in [1.165, 1.54) is 32.1 Å². The summed E-state index contributed by atoms with van der Waals surface area (Å²) in [7, 11) is 0. The van der Waals surface area contributed by atoms with Crippen LogP contribution in [-0.4, -0.2) is 18.1 Å². The van der Waals surface area contributed by atoms with E-state index in [2.05, 4.69) is 0 Å². The number of rotatable bonds is 1. The van der Waals surface area contributed by atoms with Gasteiger partial charge in [-0.2, -0.15) is 0 Å². The highest BCUT2D eigenvalue weighted by molar-refractivity contribution is 5.32. The van der Waals surface area contributed by atoms with Crippen LogP contribution < -0.4 is 5.73 Å². The summed E-state index contributed by atoms with van der Waals surface area (Å²) in [6.45, 7) is 8.67. The SMILES string of the molecule is CC.CC.NCC1CCCCC1.O=CO. The van der Waals surface area contributed by atoms with E-state index in [1.807, 2.05) is 27.7 Å². The molecule has 0 atom stereocenters. The third kappa shape index (κ3) is 19.7. The van der Waals surface area contributed by atoms with Gasteiger partial charge < -0.3 is 10.8 Å². The molecule has 0 unspecified atom stereocenters. The van der Waals surface area contributed by atoms with Crippen molar-refractivity contribution in [3.8, 4) is 0 Å². The van der Waals surface area contributed by atoms with E-state index in [1.54, 1.807) is 0 Å². The van der Waals surface area contributed by atoms with Gasteiger partial charge in [0.25, 0.3) is 6.47 Å². The molecule has 3 N–H and O–H groups in total. The van der Waals surface area contributed by atoms with Gasteiger partial charge in [0.1, 0.15) is 0 Å². The summed E-state index contributed by atoms with van der Waals surface area (Å²) in [6.07, 6.45) is 7.05. The van der Waals surface area contributed by atoms with E-state index in [-0.39, 0.29) is 6.47 Å². The van der Waals surface area contributed by atoms with E-state index in [0.29, 0.717) is 0 Å². The summed E-state index contributed by atoms with van der Waals surface area (Å²) < 4.78 is 0. The van der Waals surface area contributed by atoms with Gasteiger partial charge in [0.05, 0.1) is 0 Å². The van der Waals surface area contributed by atoms with Crippen LogP contribution in [-0.2, 0) is 4.79 Å². The molecular formula is C12H29NO2. The lowest BCUT2D eigenvalue weighted by Crippen LogP contribution is -2.16. The van der Waals surface area contributed by atoms with Crippen molar-refractivity contribution in [2.24, 2.45) is 11.7 Å². The van der Waals surface area contributed by atoms with Gasteiger partial charge in [0.2, 0.25) is 0 Å². The minimum Gasteiger partial charge on any atom is -0.483 e. The normalized spacial score (nSPS) is 14.2. The molecule has 15 heavy (non-hydrogen) atoms. The maximum absolute atomic E-state index is 8.36. The van der Waals surface area contributed by atoms with Crippen molar-refractivity contribution in [3.63, 3.8) is 0 Å². The van der Waals surface area contributed by atoms with E-state index >= 15 is 0 Å². The molecule has 0 aliphatic heterocycles. The molecule has 3 nitrogen and oxygen atoms in total. The largest absolute Gasteiger partial charge is 0.483 e. The fraction of sp³-hybridized carbons (Fsp3) is 0.917. The Kier molecular flexibility index (Phi) is 31.0. The zero-order valence-corrected chi connectivity index (χ0v) is 10.8. The average Bonchev–Trinajstić information content (AvgIpc) is 2.36. The minimum atomic E-state index is -0.250. The molecule has 1 aliphatic carbocycles. The minimum absolute atomic E-state index is 0.250. The van der Waals surface area contributed by atoms with Crippen molar-refractivity contribution >= 4 is 6.47 Å². The Balaban J connectivity index is -0.000000176. The van der Waals surface area contributed by atoms with Crippen molar-refractivity contribution in [1.82, 2.24) is 0 Å². The number of carboxylic acid groups (broad SMARTS) is 1. The lowest BCUT2D eigenvalue weighted by atomic mass is 9.90. The Hall–Kier alpha value is -0.570. The molecular weight excluding hydrogens is 190 g/mol. The van der Waals surface area contributed by atoms with Gasteiger partial charge in [-0.25, -0.2) is 0 Å². The number of hydrogen-bond acceptors (Lipinski definition) is 2. The summed E-state index contributed by atoms with van der Waals surface area (Å²) in [6, 6.07) is 0. The second-order valence-corrected chi connectivity index (χ2v) is 2.85. The van der Waals surface area contributed by atoms with Gasteiger partial charge in [-0.1, -0.05) is 47.0 Å². The van der Waals surface area contributed by atoms with Gasteiger partial charge in [-0.05, 0) is 25.3 Å². The van der Waals surface area contributed by atoms with E-state index < -0.39 is 0 Å². The van der Waals surface area contributed by atoms with Crippen LogP contribution in [0.2, 0.25) is 0 Å². The van der Waals surface area contributed by atoms with Crippen LogP contribution in [0.4, 0.5) is 0 Å². The number of nitrogens with two attached hydrogens (primary N) is 1. The molecule has 0 aromatic heterocycles. The standard InChI is InChI=1S/C7H15N.2C2H6.CH2O2/c8-6-7-4-2-1-3-5-7;2*1-2;2-1-3/h7H,1-6,8H2;2*1-2H3;1H,(H,2,3). The maximum atomic E-state index is 8.36. The first-order valence-electron chi connectivity index (χ1n) is 6.13. The molecule has 3 heteroatoms. The Morgan fingerprint density at radius 3 is 1.67 bits per heavy atom. The van der Waals surface area contributed by atoms with Crippen LogP contribution >= 0.6 is 0 Å². The van der Waals surface area contributed by atoms with Gasteiger partial charge in [-0.3, -0.25) is 4.79 Å². The fourth-order valence-electron chi connectivity index (χ4n) is 1.42. The predicted octanol–water partition coefficient (Wildman–Crippen LogP) is 3.28. The summed E-state index contributed by atoms with van der Waals surface area (Å²) in [5.41, 5.74) is 5.50. The summed E-state index contributed by atoms with van der Waals surface area (Å²) >= 11 is 0. The van der Waals surface area contributed by atoms with Crippen LogP contribution in [0, 0.1) is 5.92 Å². The Bertz CT molecular complexity index is 91.6. The Labute approximate surface area is 95.1 Å². The van der Waals surface area contributed by atoms with Crippen LogP contribution in [0.15, 0.2) is 0 Å². The highest BCUT2D eigenvalue weighted by Crippen LogP contribution is 2.21. The summed E-state index contributed by atoms with van der Waals surface area (Å²) in [4.78, 5) is 8.36. The van der Waals surface area contributed by atoms with Crippen molar-refractivity contribution in [1.29, 1.82) is 0 Å². The van der Waals surface area contributed by atoms with Gasteiger partial charge in [-0.15, -0.1) is 0 Å². The molecule has 0 radical (unpaired) electrons. The Morgan fingerprint density at radius 2 is 1.47 bits per heavy atom. The highest BCUT2D eigenvalue weighted by Gasteiger charge is 2.09. The smallest absolute Gasteiger partial charge is 0.290 e. The lowest BCUT2D eigenvalue weighted by molar-refractivity contribution is -0.122. The zero-order chi connectivity index (χ0) is 12.5. The van der Waals surface area contributed by atoms with Crippen molar-refractivity contribution < 1.29 is 9.90 Å². The first kappa shape index (κ1) is 19.9. The molecule has 94 valence electrons. The van der Waals surface area contributed by atoms with Crippen LogP contribution in [0.25, 0.3) is 0 Å². The molecule has 0 aromatic carbocycles. The van der Waals surface area contributed by atoms with Crippen molar-refractivity contribution in [3.05, 3.63) is 0 Å². The molecule has 0 saturated heterocycles. The zero-order valence-electron chi connectivity index (χ0n) is 10.8. The third-order valence-corrected chi connectivity index (χ3v) is 2.06. The third-order valence-electron chi connectivity index (χ3n) is 2.06. The van der Waals surface area contributed by atoms with Crippen molar-refractivity contribution in [2.75, 3.05) is 6.54 Å². The molecule has 0 spiro atoms. The quantitative estimate of drug-likeness (QED) is 0.665. The molecule has 1 saturated carbocycles. The van der Waals surface area contributed by atoms with E-state index in [9.17, 15) is 0 Å². The van der Waals surface area contributed by atoms with E-state index in [4.69, 9.17) is 15.6 Å². The average molecular weight is 219 g/mol. The monoisotopic (exact) mass is 219 g/mol. The predicted molar refractivity (Wildman–Crippen MR) is 67.0 cm³/mol. The van der Waals surface area contributed by atoms with Gasteiger partial charge >= 0.3 is 0 Å².